The van der Waals surface area contributed by atoms with E-state index in [0.29, 0.717) is 47.6 Å². The minimum Gasteiger partial charge on any atom is -0.350 e. The van der Waals surface area contributed by atoms with Gasteiger partial charge in [0.05, 0.1) is 16.6 Å². The largest absolute Gasteiger partial charge is 0.350 e. The Morgan fingerprint density at radius 1 is 0.900 bits per heavy atom. The molecule has 0 N–H and O–H groups in total. The van der Waals surface area contributed by atoms with E-state index in [1.54, 1.807) is 0 Å². The van der Waals surface area contributed by atoms with Gasteiger partial charge in [0.15, 0.2) is 16.1 Å². The Labute approximate surface area is 246 Å². The predicted octanol–water partition coefficient (Wildman–Crippen LogP) is 3.94. The number of aliphatic imine (C=N–C) groups is 1. The fraction of sp³-hybridized carbons (Fsp3) is 0.321. The summed E-state index contributed by atoms with van der Waals surface area (Å²) in [5, 5.41) is 1.17. The quantitative estimate of drug-likeness (QED) is 0.411. The first-order valence-corrected chi connectivity index (χ1v) is 15.1. The zero-order valence-corrected chi connectivity index (χ0v) is 24.2. The summed E-state index contributed by atoms with van der Waals surface area (Å²) in [6.07, 6.45) is 1.83. The summed E-state index contributed by atoms with van der Waals surface area (Å²) >= 11 is 8.63. The third-order valence-electron chi connectivity index (χ3n) is 7.23. The highest BCUT2D eigenvalue weighted by Gasteiger charge is 2.29. The van der Waals surface area contributed by atoms with E-state index in [0.717, 1.165) is 55.2 Å². The van der Waals surface area contributed by atoms with Crippen LogP contribution in [0.5, 0.6) is 0 Å². The number of nitrogens with zero attached hydrogens (tertiary/aromatic N) is 7. The predicted molar refractivity (Wildman–Crippen MR) is 161 cm³/mol. The maximum Gasteiger partial charge on any atom is 0.286 e. The van der Waals surface area contributed by atoms with Crippen molar-refractivity contribution in [2.45, 2.75) is 6.54 Å². The van der Waals surface area contributed by atoms with Crippen molar-refractivity contribution in [1.29, 1.82) is 0 Å². The van der Waals surface area contributed by atoms with Gasteiger partial charge in [0.2, 0.25) is 0 Å². The van der Waals surface area contributed by atoms with Crippen LogP contribution in [0, 0.1) is 0 Å². The number of hydrogen-bond acceptors (Lipinski definition) is 9. The molecule has 0 unspecified atom stereocenters. The van der Waals surface area contributed by atoms with Crippen LogP contribution in [0.3, 0.4) is 0 Å². The van der Waals surface area contributed by atoms with Gasteiger partial charge in [-0.2, -0.15) is 13.7 Å². The van der Waals surface area contributed by atoms with Crippen molar-refractivity contribution in [3.63, 3.8) is 0 Å². The summed E-state index contributed by atoms with van der Waals surface area (Å²) in [7, 11) is 0. The van der Waals surface area contributed by atoms with Gasteiger partial charge in [-0.25, -0.2) is 0 Å². The van der Waals surface area contributed by atoms with Gasteiger partial charge in [-0.05, 0) is 41.1 Å². The van der Waals surface area contributed by atoms with Crippen LogP contribution in [0.2, 0.25) is 5.15 Å². The van der Waals surface area contributed by atoms with Crippen molar-refractivity contribution in [2.75, 3.05) is 57.3 Å². The number of amidine groups is 1. The molecule has 4 heterocycles. The highest BCUT2D eigenvalue weighted by atomic mass is 35.5. The summed E-state index contributed by atoms with van der Waals surface area (Å²) in [6.45, 7) is 6.88. The number of anilines is 1. The van der Waals surface area contributed by atoms with Crippen molar-refractivity contribution in [3.05, 3.63) is 81.3 Å². The molecule has 1 aromatic heterocycles. The number of carbonyl (C=O) groups is 2. The van der Waals surface area contributed by atoms with E-state index in [-0.39, 0.29) is 11.8 Å². The molecular formula is C28H28ClN7O2S2. The molecule has 0 spiro atoms. The molecule has 2 saturated heterocycles. The van der Waals surface area contributed by atoms with Crippen molar-refractivity contribution < 1.29 is 9.59 Å². The molecule has 3 aliphatic rings. The van der Waals surface area contributed by atoms with Crippen LogP contribution in [-0.2, 0) is 11.3 Å². The third kappa shape index (κ3) is 6.07. The van der Waals surface area contributed by atoms with Gasteiger partial charge in [-0.1, -0.05) is 54.1 Å². The molecule has 12 heteroatoms. The van der Waals surface area contributed by atoms with E-state index in [1.807, 2.05) is 41.3 Å². The first kappa shape index (κ1) is 26.9. The average Bonchev–Trinajstić information content (AvgIpc) is 3.58. The Kier molecular flexibility index (Phi) is 8.15. The molecule has 0 bridgehead atoms. The van der Waals surface area contributed by atoms with Crippen LogP contribution < -0.4 is 4.90 Å². The molecule has 0 atom stereocenters. The van der Waals surface area contributed by atoms with Gasteiger partial charge in [0, 0.05) is 64.5 Å². The minimum atomic E-state index is -0.227. The topological polar surface area (TPSA) is 85.2 Å². The number of amides is 2. The number of rotatable bonds is 5. The molecule has 0 radical (unpaired) electrons. The highest BCUT2D eigenvalue weighted by molar-refractivity contribution is 8.18. The molecular weight excluding hydrogens is 566 g/mol. The second-order valence-corrected chi connectivity index (χ2v) is 11.7. The van der Waals surface area contributed by atoms with Crippen LogP contribution >= 0.6 is 35.1 Å². The zero-order chi connectivity index (χ0) is 27.5. The van der Waals surface area contributed by atoms with E-state index in [4.69, 9.17) is 11.6 Å². The summed E-state index contributed by atoms with van der Waals surface area (Å²) in [4.78, 5) is 39.4. The standard InChI is InChI=1S/C28H28ClN7O2S2/c29-24-25(32-40-31-24)34-13-15-35(16-14-34)27(38)22-8-4-7-21(17-22)18-23-26(37)30-28(39-23)36-11-9-33(10-12-36)19-20-5-2-1-3-6-20/h1-8,17-18H,9-16,19H2/b23-18+. The van der Waals surface area contributed by atoms with E-state index in [1.165, 1.54) is 17.3 Å². The Morgan fingerprint density at radius 3 is 2.38 bits per heavy atom. The van der Waals surface area contributed by atoms with Gasteiger partial charge in [0.25, 0.3) is 11.8 Å². The number of piperazine rings is 2. The molecule has 206 valence electrons. The second-order valence-electron chi connectivity index (χ2n) is 9.84. The van der Waals surface area contributed by atoms with Crippen LogP contribution in [0.25, 0.3) is 6.08 Å². The molecule has 40 heavy (non-hydrogen) atoms. The first-order chi connectivity index (χ1) is 19.5. The molecule has 3 aliphatic heterocycles. The van der Waals surface area contributed by atoms with Gasteiger partial charge < -0.3 is 14.7 Å². The van der Waals surface area contributed by atoms with Crippen molar-refractivity contribution in [2.24, 2.45) is 4.99 Å². The molecule has 2 amide bonds. The summed E-state index contributed by atoms with van der Waals surface area (Å²) < 4.78 is 8.29. The van der Waals surface area contributed by atoms with E-state index >= 15 is 0 Å². The fourth-order valence-corrected chi connectivity index (χ4v) is 6.79. The lowest BCUT2D eigenvalue weighted by molar-refractivity contribution is -0.113. The Morgan fingerprint density at radius 2 is 1.65 bits per heavy atom. The summed E-state index contributed by atoms with van der Waals surface area (Å²) in [6, 6.07) is 17.9. The Bertz CT molecular complexity index is 1450. The number of carbonyl (C=O) groups excluding carboxylic acids is 2. The smallest absolute Gasteiger partial charge is 0.286 e. The Balaban J connectivity index is 1.04. The summed E-state index contributed by atoms with van der Waals surface area (Å²) in [5.74, 6) is 0.426. The van der Waals surface area contributed by atoms with Gasteiger partial charge in [-0.15, -0.1) is 0 Å². The van der Waals surface area contributed by atoms with Crippen LogP contribution in [0.1, 0.15) is 21.5 Å². The average molecular weight is 594 g/mol. The molecule has 3 aromatic rings. The zero-order valence-electron chi connectivity index (χ0n) is 21.8. The van der Waals surface area contributed by atoms with Crippen LogP contribution in [0.4, 0.5) is 5.82 Å². The molecule has 0 saturated carbocycles. The van der Waals surface area contributed by atoms with Crippen molar-refractivity contribution in [1.82, 2.24) is 23.4 Å². The number of thioether (sulfide) groups is 1. The lowest BCUT2D eigenvalue weighted by atomic mass is 10.1. The van der Waals surface area contributed by atoms with Crippen molar-refractivity contribution >= 4 is 64.0 Å². The minimum absolute atomic E-state index is 0.0295. The normalized spacial score (nSPS) is 19.4. The number of hydrogen-bond donors (Lipinski definition) is 0. The highest BCUT2D eigenvalue weighted by Crippen LogP contribution is 2.31. The molecule has 2 aromatic carbocycles. The number of aromatic nitrogens is 2. The van der Waals surface area contributed by atoms with Gasteiger partial charge in [-0.3, -0.25) is 14.5 Å². The van der Waals surface area contributed by atoms with E-state index in [9.17, 15) is 9.59 Å². The maximum atomic E-state index is 13.2. The monoisotopic (exact) mass is 593 g/mol. The Hall–Kier alpha value is -3.25. The fourth-order valence-electron chi connectivity index (χ4n) is 5.05. The third-order valence-corrected chi connectivity index (χ3v) is 9.15. The molecule has 9 nitrogen and oxygen atoms in total. The van der Waals surface area contributed by atoms with Crippen LogP contribution in [-0.4, -0.2) is 92.8 Å². The van der Waals surface area contributed by atoms with Gasteiger partial charge >= 0.3 is 0 Å². The number of benzene rings is 2. The lowest BCUT2D eigenvalue weighted by Crippen LogP contribution is -2.49. The van der Waals surface area contributed by atoms with Gasteiger partial charge in [0.1, 0.15) is 0 Å². The molecule has 0 aliphatic carbocycles. The SMILES string of the molecule is O=C1N=C(N2CCN(Cc3ccccc3)CC2)S/C1=C/c1cccc(C(=O)N2CCN(c3nsnc3Cl)CC2)c1. The van der Waals surface area contributed by atoms with Crippen molar-refractivity contribution in [3.8, 4) is 0 Å². The molecule has 6 rings (SSSR count). The van der Waals surface area contributed by atoms with E-state index < -0.39 is 0 Å². The lowest BCUT2D eigenvalue weighted by Gasteiger charge is -2.35. The molecule has 2 fully saturated rings. The number of halogens is 1. The second kappa shape index (κ2) is 12.1. The first-order valence-electron chi connectivity index (χ1n) is 13.2. The maximum absolute atomic E-state index is 13.2. The van der Waals surface area contributed by atoms with E-state index in [2.05, 4.69) is 52.7 Å². The summed E-state index contributed by atoms with van der Waals surface area (Å²) in [5.41, 5.74) is 2.72. The van der Waals surface area contributed by atoms with Crippen LogP contribution in [0.15, 0.2) is 64.5 Å².